The van der Waals surface area contributed by atoms with Crippen molar-refractivity contribution in [3.05, 3.63) is 66.4 Å². The summed E-state index contributed by atoms with van der Waals surface area (Å²) >= 11 is 0. The lowest BCUT2D eigenvalue weighted by Crippen LogP contribution is -2.09. The molecule has 2 aromatic carbocycles. The normalized spacial score (nSPS) is 11.5. The fourth-order valence-corrected chi connectivity index (χ4v) is 3.52. The van der Waals surface area contributed by atoms with Crippen molar-refractivity contribution in [2.75, 3.05) is 16.7 Å². The summed E-state index contributed by atoms with van der Waals surface area (Å²) < 4.78 is 54.4. The van der Waals surface area contributed by atoms with Gasteiger partial charge in [0.05, 0.1) is 11.8 Å². The molecule has 0 saturated heterocycles. The van der Waals surface area contributed by atoms with E-state index >= 15 is 0 Å². The van der Waals surface area contributed by atoms with E-state index in [0.29, 0.717) is 16.8 Å². The van der Waals surface area contributed by atoms with Gasteiger partial charge in [-0.3, -0.25) is 4.72 Å². The van der Waals surface area contributed by atoms with Crippen LogP contribution in [0, 0.1) is 11.6 Å². The fraction of sp³-hybridized carbons (Fsp3) is 0.0526. The van der Waals surface area contributed by atoms with Gasteiger partial charge in [0.1, 0.15) is 11.5 Å². The van der Waals surface area contributed by atoms with Gasteiger partial charge in [-0.25, -0.2) is 22.2 Å². The van der Waals surface area contributed by atoms with Crippen LogP contribution in [0.15, 0.2) is 54.7 Å². The topological polar surface area (TPSA) is 129 Å². The first-order chi connectivity index (χ1) is 14.7. The molecule has 0 saturated carbocycles. The summed E-state index contributed by atoms with van der Waals surface area (Å²) in [6.07, 6.45) is 2.54. The van der Waals surface area contributed by atoms with Crippen molar-refractivity contribution in [2.45, 2.75) is 0 Å². The highest BCUT2D eigenvalue weighted by Crippen LogP contribution is 2.31. The smallest absolute Gasteiger partial charge is 0.229 e. The Morgan fingerprint density at radius 3 is 2.61 bits per heavy atom. The van der Waals surface area contributed by atoms with E-state index in [2.05, 4.69) is 25.2 Å². The van der Waals surface area contributed by atoms with E-state index in [1.165, 1.54) is 18.3 Å². The average Bonchev–Trinajstić information content (AvgIpc) is 3.18. The van der Waals surface area contributed by atoms with Gasteiger partial charge in [0.2, 0.25) is 10.0 Å². The third kappa shape index (κ3) is 4.19. The first-order valence-corrected chi connectivity index (χ1v) is 10.7. The van der Waals surface area contributed by atoms with Gasteiger partial charge in [-0.05, 0) is 46.3 Å². The number of halogens is 2. The second-order valence-corrected chi connectivity index (χ2v) is 8.35. The summed E-state index contributed by atoms with van der Waals surface area (Å²) in [6.45, 7) is 0. The van der Waals surface area contributed by atoms with Gasteiger partial charge in [-0.15, -0.1) is 5.10 Å². The van der Waals surface area contributed by atoms with Crippen molar-refractivity contribution in [1.29, 1.82) is 0 Å². The lowest BCUT2D eigenvalue weighted by molar-refractivity contribution is 0.501. The number of anilines is 2. The molecule has 9 nitrogen and oxygen atoms in total. The quantitative estimate of drug-likeness (QED) is 0.485. The van der Waals surface area contributed by atoms with Gasteiger partial charge in [0.25, 0.3) is 0 Å². The Bertz CT molecular complexity index is 1390. The van der Waals surface area contributed by atoms with Crippen molar-refractivity contribution in [3.63, 3.8) is 0 Å². The van der Waals surface area contributed by atoms with Crippen LogP contribution in [0.4, 0.5) is 20.3 Å². The first kappa shape index (κ1) is 20.3. The summed E-state index contributed by atoms with van der Waals surface area (Å²) in [6, 6.07) is 11.9. The minimum atomic E-state index is -3.45. The number of hydrogen-bond donors (Lipinski definition) is 2. The molecule has 0 aliphatic heterocycles. The van der Waals surface area contributed by atoms with E-state index in [4.69, 9.17) is 5.73 Å². The lowest BCUT2D eigenvalue weighted by atomic mass is 10.0. The van der Waals surface area contributed by atoms with Crippen LogP contribution in [0.1, 0.15) is 0 Å². The van der Waals surface area contributed by atoms with Gasteiger partial charge >= 0.3 is 0 Å². The van der Waals surface area contributed by atoms with Crippen LogP contribution in [0.2, 0.25) is 0 Å². The average molecular weight is 443 g/mol. The number of aromatic nitrogens is 5. The van der Waals surface area contributed by atoms with Crippen LogP contribution in [-0.2, 0) is 10.0 Å². The Morgan fingerprint density at radius 1 is 1.06 bits per heavy atom. The van der Waals surface area contributed by atoms with Crippen LogP contribution >= 0.6 is 0 Å². The number of nitrogen functional groups attached to an aromatic ring is 1. The van der Waals surface area contributed by atoms with Crippen molar-refractivity contribution < 1.29 is 17.2 Å². The number of nitrogens with zero attached hydrogens (tertiary/aromatic N) is 5. The molecule has 0 radical (unpaired) electrons. The number of sulfonamides is 1. The summed E-state index contributed by atoms with van der Waals surface area (Å²) in [5.41, 5.74) is 7.68. The minimum absolute atomic E-state index is 0.0572. The van der Waals surface area contributed by atoms with Gasteiger partial charge in [0, 0.05) is 17.4 Å². The molecule has 4 aromatic rings. The first-order valence-electron chi connectivity index (χ1n) is 8.80. The number of tetrazole rings is 1. The Morgan fingerprint density at radius 2 is 1.84 bits per heavy atom. The molecule has 0 fully saturated rings. The monoisotopic (exact) mass is 443 g/mol. The standard InChI is InChI=1S/C19H15F2N7O2S/c1-31(29,30)25-13-5-2-4-11(8-13)12-9-14(18(22)23-10-12)19-24-26-27-28(19)16-7-3-6-15(20)17(16)21/h2-10,25H,1H3,(H2,22,23). The predicted octanol–water partition coefficient (Wildman–Crippen LogP) is 2.62. The molecule has 0 bridgehead atoms. The van der Waals surface area contributed by atoms with Crippen molar-refractivity contribution in [2.24, 2.45) is 0 Å². The second kappa shape index (κ2) is 7.72. The highest BCUT2D eigenvalue weighted by molar-refractivity contribution is 7.92. The summed E-state index contributed by atoms with van der Waals surface area (Å²) in [4.78, 5) is 4.15. The van der Waals surface area contributed by atoms with Crippen LogP contribution in [0.3, 0.4) is 0 Å². The summed E-state index contributed by atoms with van der Waals surface area (Å²) in [7, 11) is -3.45. The molecule has 12 heteroatoms. The number of benzene rings is 2. The highest BCUT2D eigenvalue weighted by atomic mass is 32.2. The SMILES string of the molecule is CS(=O)(=O)Nc1cccc(-c2cnc(N)c(-c3nnnn3-c3cccc(F)c3F)c2)c1. The number of pyridine rings is 1. The lowest BCUT2D eigenvalue weighted by Gasteiger charge is -2.11. The molecule has 3 N–H and O–H groups in total. The molecule has 0 atom stereocenters. The summed E-state index contributed by atoms with van der Waals surface area (Å²) in [5.74, 6) is -2.03. The van der Waals surface area contributed by atoms with Gasteiger partial charge in [0.15, 0.2) is 17.5 Å². The molecule has 2 aromatic heterocycles. The summed E-state index contributed by atoms with van der Waals surface area (Å²) in [5, 5.41) is 11.2. The minimum Gasteiger partial charge on any atom is -0.383 e. The molecule has 0 unspecified atom stereocenters. The maximum absolute atomic E-state index is 14.3. The van der Waals surface area contributed by atoms with Crippen LogP contribution in [-0.4, -0.2) is 39.9 Å². The van der Waals surface area contributed by atoms with Crippen molar-refractivity contribution in [3.8, 4) is 28.2 Å². The molecular formula is C19H15F2N7O2S. The maximum atomic E-state index is 14.3. The Balaban J connectivity index is 1.80. The van der Waals surface area contributed by atoms with Crippen molar-refractivity contribution >= 4 is 21.5 Å². The van der Waals surface area contributed by atoms with Crippen molar-refractivity contribution in [1.82, 2.24) is 25.2 Å². The molecule has 0 amide bonds. The predicted molar refractivity (Wildman–Crippen MR) is 111 cm³/mol. The molecular weight excluding hydrogens is 428 g/mol. The molecule has 0 aliphatic rings. The van der Waals surface area contributed by atoms with E-state index in [1.807, 2.05) is 0 Å². The Kier molecular flexibility index (Phi) is 5.07. The second-order valence-electron chi connectivity index (χ2n) is 6.60. The Labute approximate surface area is 175 Å². The van der Waals surface area contributed by atoms with Crippen LogP contribution < -0.4 is 10.5 Å². The van der Waals surface area contributed by atoms with Gasteiger partial charge in [-0.1, -0.05) is 18.2 Å². The van der Waals surface area contributed by atoms with Crippen LogP contribution in [0.5, 0.6) is 0 Å². The molecule has 31 heavy (non-hydrogen) atoms. The molecule has 4 rings (SSSR count). The van der Waals surface area contributed by atoms with E-state index in [-0.39, 0.29) is 22.9 Å². The van der Waals surface area contributed by atoms with E-state index in [9.17, 15) is 17.2 Å². The third-order valence-electron chi connectivity index (χ3n) is 4.29. The number of rotatable bonds is 5. The van der Waals surface area contributed by atoms with Crippen LogP contribution in [0.25, 0.3) is 28.2 Å². The van der Waals surface area contributed by atoms with Gasteiger partial charge < -0.3 is 5.73 Å². The third-order valence-corrected chi connectivity index (χ3v) is 4.89. The molecule has 0 spiro atoms. The zero-order valence-corrected chi connectivity index (χ0v) is 16.8. The van der Waals surface area contributed by atoms with E-state index in [0.717, 1.165) is 17.0 Å². The molecule has 0 aliphatic carbocycles. The number of nitrogens with one attached hydrogen (secondary N) is 1. The number of nitrogens with two attached hydrogens (primary N) is 1. The zero-order valence-electron chi connectivity index (χ0n) is 16.0. The zero-order chi connectivity index (χ0) is 22.2. The van der Waals surface area contributed by atoms with Gasteiger partial charge in [-0.2, -0.15) is 4.68 Å². The fourth-order valence-electron chi connectivity index (χ4n) is 2.96. The molecule has 2 heterocycles. The number of hydrogen-bond acceptors (Lipinski definition) is 7. The van der Waals surface area contributed by atoms with E-state index in [1.54, 1.807) is 30.3 Å². The maximum Gasteiger partial charge on any atom is 0.229 e. The van der Waals surface area contributed by atoms with E-state index < -0.39 is 21.7 Å². The largest absolute Gasteiger partial charge is 0.383 e. The Hall–Kier alpha value is -3.93. The highest BCUT2D eigenvalue weighted by Gasteiger charge is 2.19. The molecule has 158 valence electrons.